The number of carbonyl (C=O) groups excluding carboxylic acids is 2. The number of nitrogens with one attached hydrogen (secondary N) is 2. The van der Waals surface area contributed by atoms with Crippen molar-refractivity contribution in [2.45, 2.75) is 33.7 Å². The maximum Gasteiger partial charge on any atom is 0.239 e. The summed E-state index contributed by atoms with van der Waals surface area (Å²) in [6, 6.07) is 8.63. The Kier molecular flexibility index (Phi) is 4.87. The summed E-state index contributed by atoms with van der Waals surface area (Å²) in [6.45, 7) is 6.76. The molecular weight excluding hydrogens is 254 g/mol. The van der Waals surface area contributed by atoms with Crippen molar-refractivity contribution in [1.29, 1.82) is 5.26 Å². The van der Waals surface area contributed by atoms with E-state index in [0.717, 1.165) is 0 Å². The molecule has 0 aromatic heterocycles. The smallest absolute Gasteiger partial charge is 0.239 e. The van der Waals surface area contributed by atoms with Crippen molar-refractivity contribution in [2.24, 2.45) is 5.41 Å². The molecule has 0 saturated heterocycles. The lowest BCUT2D eigenvalue weighted by Gasteiger charge is -2.24. The van der Waals surface area contributed by atoms with Crippen LogP contribution in [0.25, 0.3) is 0 Å². The van der Waals surface area contributed by atoms with Crippen LogP contribution in [0.2, 0.25) is 0 Å². The predicted octanol–water partition coefficient (Wildman–Crippen LogP) is 2.05. The summed E-state index contributed by atoms with van der Waals surface area (Å²) in [5.41, 5.74) is -0.446. The maximum absolute atomic E-state index is 12.2. The van der Waals surface area contributed by atoms with Gasteiger partial charge in [-0.1, -0.05) is 12.1 Å². The molecule has 2 amide bonds. The first-order chi connectivity index (χ1) is 9.28. The fourth-order valence-corrected chi connectivity index (χ4v) is 1.51. The first kappa shape index (κ1) is 15.7. The van der Waals surface area contributed by atoms with Gasteiger partial charge in [-0.25, -0.2) is 0 Å². The van der Waals surface area contributed by atoms with Crippen LogP contribution in [0.15, 0.2) is 24.3 Å². The number of nitriles is 1. The fraction of sp³-hybridized carbons (Fsp3) is 0.400. The quantitative estimate of drug-likeness (QED) is 0.824. The van der Waals surface area contributed by atoms with E-state index in [0.29, 0.717) is 11.3 Å². The van der Waals surface area contributed by atoms with Crippen molar-refractivity contribution in [1.82, 2.24) is 5.32 Å². The SMILES string of the molecule is CC(C)NC(=O)C(C)(C)C(=O)Nc1ccccc1C#N. The standard InChI is InChI=1S/C15H19N3O2/c1-10(2)17-13(19)15(3,4)14(20)18-12-8-6-5-7-11(12)9-16/h5-8,10H,1-4H3,(H,17,19)(H,18,20). The Hall–Kier alpha value is -2.35. The first-order valence-corrected chi connectivity index (χ1v) is 6.40. The van der Waals surface area contributed by atoms with Gasteiger partial charge in [-0.2, -0.15) is 5.26 Å². The van der Waals surface area contributed by atoms with Crippen LogP contribution in [-0.4, -0.2) is 17.9 Å². The van der Waals surface area contributed by atoms with E-state index in [-0.39, 0.29) is 11.9 Å². The third kappa shape index (κ3) is 3.58. The average molecular weight is 273 g/mol. The highest BCUT2D eigenvalue weighted by atomic mass is 16.2. The minimum Gasteiger partial charge on any atom is -0.353 e. The third-order valence-electron chi connectivity index (χ3n) is 2.85. The maximum atomic E-state index is 12.2. The summed E-state index contributed by atoms with van der Waals surface area (Å²) >= 11 is 0. The van der Waals surface area contributed by atoms with Gasteiger partial charge in [0.25, 0.3) is 0 Å². The van der Waals surface area contributed by atoms with Gasteiger partial charge in [0, 0.05) is 6.04 Å². The Morgan fingerprint density at radius 3 is 2.35 bits per heavy atom. The molecule has 0 heterocycles. The molecule has 0 bridgehead atoms. The second-order valence-electron chi connectivity index (χ2n) is 5.36. The van der Waals surface area contributed by atoms with Crippen LogP contribution in [0.4, 0.5) is 5.69 Å². The molecule has 0 saturated carbocycles. The fourth-order valence-electron chi connectivity index (χ4n) is 1.51. The summed E-state index contributed by atoms with van der Waals surface area (Å²) < 4.78 is 0. The summed E-state index contributed by atoms with van der Waals surface area (Å²) in [7, 11) is 0. The molecule has 106 valence electrons. The Morgan fingerprint density at radius 2 is 1.80 bits per heavy atom. The lowest BCUT2D eigenvalue weighted by Crippen LogP contribution is -2.47. The molecule has 0 radical (unpaired) electrons. The first-order valence-electron chi connectivity index (χ1n) is 6.40. The molecule has 1 aromatic carbocycles. The molecule has 0 aliphatic heterocycles. The van der Waals surface area contributed by atoms with E-state index in [4.69, 9.17) is 5.26 Å². The number of carbonyl (C=O) groups is 2. The Bertz CT molecular complexity index is 556. The molecule has 5 nitrogen and oxygen atoms in total. The highest BCUT2D eigenvalue weighted by Crippen LogP contribution is 2.21. The zero-order valence-electron chi connectivity index (χ0n) is 12.2. The minimum atomic E-state index is -1.22. The lowest BCUT2D eigenvalue weighted by atomic mass is 9.90. The molecule has 0 aliphatic carbocycles. The zero-order chi connectivity index (χ0) is 15.3. The molecule has 1 aromatic rings. The molecule has 1 rings (SSSR count). The Morgan fingerprint density at radius 1 is 1.20 bits per heavy atom. The van der Waals surface area contributed by atoms with Crippen LogP contribution >= 0.6 is 0 Å². The summed E-state index contributed by atoms with van der Waals surface area (Å²) in [6.07, 6.45) is 0. The highest BCUT2D eigenvalue weighted by Gasteiger charge is 2.36. The molecule has 0 spiro atoms. The van der Waals surface area contributed by atoms with E-state index in [2.05, 4.69) is 10.6 Å². The Labute approximate surface area is 119 Å². The molecule has 0 fully saturated rings. The van der Waals surface area contributed by atoms with Gasteiger partial charge in [0.15, 0.2) is 0 Å². The number of benzene rings is 1. The van der Waals surface area contributed by atoms with Gasteiger partial charge < -0.3 is 10.6 Å². The van der Waals surface area contributed by atoms with Crippen molar-refractivity contribution in [3.63, 3.8) is 0 Å². The zero-order valence-corrected chi connectivity index (χ0v) is 12.2. The van der Waals surface area contributed by atoms with Crippen molar-refractivity contribution in [3.05, 3.63) is 29.8 Å². The minimum absolute atomic E-state index is 0.0408. The van der Waals surface area contributed by atoms with Crippen LogP contribution in [0.1, 0.15) is 33.3 Å². The van der Waals surface area contributed by atoms with Crippen LogP contribution in [-0.2, 0) is 9.59 Å². The summed E-state index contributed by atoms with van der Waals surface area (Å²) in [5.74, 6) is -0.794. The van der Waals surface area contributed by atoms with E-state index < -0.39 is 11.3 Å². The van der Waals surface area contributed by atoms with E-state index in [9.17, 15) is 9.59 Å². The summed E-state index contributed by atoms with van der Waals surface area (Å²) in [5, 5.41) is 14.3. The number of anilines is 1. The molecule has 0 atom stereocenters. The average Bonchev–Trinajstić information content (AvgIpc) is 2.38. The van der Waals surface area contributed by atoms with Crippen molar-refractivity contribution >= 4 is 17.5 Å². The second kappa shape index (κ2) is 6.20. The number of hydrogen-bond acceptors (Lipinski definition) is 3. The van der Waals surface area contributed by atoms with Gasteiger partial charge in [0.1, 0.15) is 11.5 Å². The molecule has 0 unspecified atom stereocenters. The molecule has 0 aliphatic rings. The van der Waals surface area contributed by atoms with Crippen LogP contribution in [0.5, 0.6) is 0 Å². The predicted molar refractivity (Wildman–Crippen MR) is 76.8 cm³/mol. The largest absolute Gasteiger partial charge is 0.353 e. The van der Waals surface area contributed by atoms with Crippen LogP contribution in [0, 0.1) is 16.7 Å². The van der Waals surface area contributed by atoms with Crippen LogP contribution in [0.3, 0.4) is 0 Å². The van der Waals surface area contributed by atoms with E-state index >= 15 is 0 Å². The molecule has 2 N–H and O–H groups in total. The van der Waals surface area contributed by atoms with Gasteiger partial charge in [0.05, 0.1) is 11.3 Å². The summed E-state index contributed by atoms with van der Waals surface area (Å²) in [4.78, 5) is 24.3. The topological polar surface area (TPSA) is 82.0 Å². The molecule has 5 heteroatoms. The number of rotatable bonds is 4. The Balaban J connectivity index is 2.90. The number of nitrogens with zero attached hydrogens (tertiary/aromatic N) is 1. The van der Waals surface area contributed by atoms with Crippen molar-refractivity contribution in [3.8, 4) is 6.07 Å². The monoisotopic (exact) mass is 273 g/mol. The molecule has 20 heavy (non-hydrogen) atoms. The number of para-hydroxylation sites is 1. The van der Waals surface area contributed by atoms with Crippen molar-refractivity contribution in [2.75, 3.05) is 5.32 Å². The second-order valence-corrected chi connectivity index (χ2v) is 5.36. The number of hydrogen-bond donors (Lipinski definition) is 2. The lowest BCUT2D eigenvalue weighted by molar-refractivity contribution is -0.138. The van der Waals surface area contributed by atoms with Gasteiger partial charge in [0.2, 0.25) is 11.8 Å². The van der Waals surface area contributed by atoms with E-state index in [1.807, 2.05) is 19.9 Å². The van der Waals surface area contributed by atoms with E-state index in [1.54, 1.807) is 38.1 Å². The molecular formula is C15H19N3O2. The van der Waals surface area contributed by atoms with Crippen LogP contribution < -0.4 is 10.6 Å². The normalized spacial score (nSPS) is 10.8. The van der Waals surface area contributed by atoms with Gasteiger partial charge in [-0.05, 0) is 39.8 Å². The van der Waals surface area contributed by atoms with Gasteiger partial charge in [-0.15, -0.1) is 0 Å². The van der Waals surface area contributed by atoms with E-state index in [1.165, 1.54) is 0 Å². The van der Waals surface area contributed by atoms with Gasteiger partial charge in [-0.3, -0.25) is 9.59 Å². The van der Waals surface area contributed by atoms with Gasteiger partial charge >= 0.3 is 0 Å². The third-order valence-corrected chi connectivity index (χ3v) is 2.85. The number of amides is 2. The highest BCUT2D eigenvalue weighted by molar-refractivity contribution is 6.10. The van der Waals surface area contributed by atoms with Crippen molar-refractivity contribution < 1.29 is 9.59 Å².